The number of rotatable bonds is 8. The lowest BCUT2D eigenvalue weighted by Crippen LogP contribution is -2.38. The first-order valence-electron chi connectivity index (χ1n) is 10.4. The monoisotopic (exact) mass is 496 g/mol. The summed E-state index contributed by atoms with van der Waals surface area (Å²) in [6.07, 6.45) is 0. The second-order valence-corrected chi connectivity index (χ2v) is 9.31. The molecule has 35 heavy (non-hydrogen) atoms. The largest absolute Gasteiger partial charge is 0.465 e. The van der Waals surface area contributed by atoms with Crippen molar-refractivity contribution in [2.24, 2.45) is 0 Å². The molecule has 1 N–H and O–H groups in total. The number of aryl methyl sites for hydroxylation is 1. The average molecular weight is 497 g/mol. The Labute approximate surface area is 203 Å². The molecule has 3 aromatic rings. The summed E-state index contributed by atoms with van der Waals surface area (Å²) in [6.45, 7) is 1.26. The molecule has 0 aliphatic carbocycles. The third-order valence-corrected chi connectivity index (χ3v) is 6.85. The van der Waals surface area contributed by atoms with Crippen molar-refractivity contribution in [1.29, 1.82) is 0 Å². The summed E-state index contributed by atoms with van der Waals surface area (Å²) in [7, 11) is -1.73. The lowest BCUT2D eigenvalue weighted by atomic mass is 10.1. The van der Waals surface area contributed by atoms with Crippen LogP contribution in [0.1, 0.15) is 26.3 Å². The highest BCUT2D eigenvalue weighted by Gasteiger charge is 2.28. The first kappa shape index (κ1) is 25.4. The van der Waals surface area contributed by atoms with E-state index in [1.54, 1.807) is 42.5 Å². The fraction of sp³-hybridized carbons (Fsp3) is 0.160. The molecule has 0 atom stereocenters. The van der Waals surface area contributed by atoms with Gasteiger partial charge in [0.2, 0.25) is 5.91 Å². The van der Waals surface area contributed by atoms with Gasteiger partial charge in [0, 0.05) is 0 Å². The fourth-order valence-electron chi connectivity index (χ4n) is 3.25. The summed E-state index contributed by atoms with van der Waals surface area (Å²) in [5.74, 6) is -2.16. The van der Waals surface area contributed by atoms with Gasteiger partial charge in [-0.25, -0.2) is 18.0 Å². The van der Waals surface area contributed by atoms with Crippen molar-refractivity contribution >= 4 is 39.2 Å². The van der Waals surface area contributed by atoms with Crippen molar-refractivity contribution in [3.8, 4) is 0 Å². The van der Waals surface area contributed by atoms with Gasteiger partial charge >= 0.3 is 11.9 Å². The minimum Gasteiger partial charge on any atom is -0.465 e. The van der Waals surface area contributed by atoms with E-state index in [0.29, 0.717) is 0 Å². The van der Waals surface area contributed by atoms with E-state index in [1.807, 2.05) is 6.92 Å². The van der Waals surface area contributed by atoms with E-state index in [0.717, 1.165) is 9.87 Å². The molecule has 0 heterocycles. The van der Waals surface area contributed by atoms with Crippen LogP contribution in [0.25, 0.3) is 0 Å². The Hall–Kier alpha value is -4.18. The Kier molecular flexibility index (Phi) is 7.87. The number of sulfonamides is 1. The number of anilines is 2. The number of amides is 1. The number of hydrogen-bond donors (Lipinski definition) is 1. The molecule has 0 saturated carbocycles. The number of ether oxygens (including phenoxy) is 2. The number of esters is 2. The van der Waals surface area contributed by atoms with Gasteiger partial charge in [-0.3, -0.25) is 9.10 Å². The first-order valence-corrected chi connectivity index (χ1v) is 11.9. The second-order valence-electron chi connectivity index (χ2n) is 7.45. The molecular weight excluding hydrogens is 472 g/mol. The second kappa shape index (κ2) is 10.8. The zero-order chi connectivity index (χ0) is 25.6. The molecule has 3 rings (SSSR count). The molecule has 182 valence electrons. The number of hydrogen-bond acceptors (Lipinski definition) is 7. The summed E-state index contributed by atoms with van der Waals surface area (Å²) in [4.78, 5) is 37.2. The van der Waals surface area contributed by atoms with Gasteiger partial charge in [0.05, 0.1) is 41.6 Å². The third kappa shape index (κ3) is 5.85. The normalized spacial score (nSPS) is 10.8. The van der Waals surface area contributed by atoms with Gasteiger partial charge in [0.1, 0.15) is 6.54 Å². The predicted octanol–water partition coefficient (Wildman–Crippen LogP) is 3.40. The highest BCUT2D eigenvalue weighted by atomic mass is 32.2. The van der Waals surface area contributed by atoms with E-state index < -0.39 is 34.4 Å². The lowest BCUT2D eigenvalue weighted by Gasteiger charge is -2.24. The van der Waals surface area contributed by atoms with Crippen LogP contribution in [0.2, 0.25) is 0 Å². The smallest absolute Gasteiger partial charge is 0.339 e. The predicted molar refractivity (Wildman–Crippen MR) is 130 cm³/mol. The molecule has 0 aliphatic rings. The van der Waals surface area contributed by atoms with Crippen LogP contribution in [0, 0.1) is 6.92 Å². The molecule has 0 aromatic heterocycles. The van der Waals surface area contributed by atoms with E-state index in [1.165, 1.54) is 44.6 Å². The molecule has 0 fully saturated rings. The average Bonchev–Trinajstić information content (AvgIpc) is 2.87. The number of nitrogens with zero attached hydrogens (tertiary/aromatic N) is 1. The van der Waals surface area contributed by atoms with Crippen LogP contribution in [0.5, 0.6) is 0 Å². The molecule has 10 heteroatoms. The molecule has 0 bridgehead atoms. The first-order chi connectivity index (χ1) is 16.7. The number of carbonyl (C=O) groups excluding carboxylic acids is 3. The van der Waals surface area contributed by atoms with Crippen molar-refractivity contribution in [1.82, 2.24) is 0 Å². The molecule has 1 amide bonds. The summed E-state index contributed by atoms with van der Waals surface area (Å²) < 4.78 is 37.3. The van der Waals surface area contributed by atoms with Crippen molar-refractivity contribution < 1.29 is 32.3 Å². The maximum Gasteiger partial charge on any atom is 0.339 e. The Morgan fingerprint density at radius 3 is 2.09 bits per heavy atom. The van der Waals surface area contributed by atoms with Gasteiger partial charge in [-0.05, 0) is 49.4 Å². The highest BCUT2D eigenvalue weighted by molar-refractivity contribution is 7.92. The van der Waals surface area contributed by atoms with Crippen molar-refractivity contribution in [2.75, 3.05) is 30.4 Å². The molecule has 3 aromatic carbocycles. The zero-order valence-corrected chi connectivity index (χ0v) is 20.2. The number of nitrogens with one attached hydrogen (secondary N) is 1. The van der Waals surface area contributed by atoms with Gasteiger partial charge < -0.3 is 14.8 Å². The van der Waals surface area contributed by atoms with Crippen LogP contribution in [0.15, 0.2) is 77.7 Å². The van der Waals surface area contributed by atoms with E-state index in [2.05, 4.69) is 5.32 Å². The maximum atomic E-state index is 13.4. The number of benzene rings is 3. The minimum atomic E-state index is -4.10. The van der Waals surface area contributed by atoms with Crippen LogP contribution in [-0.4, -0.2) is 47.0 Å². The molecular formula is C25H24N2O7S. The van der Waals surface area contributed by atoms with Crippen LogP contribution >= 0.6 is 0 Å². The Balaban J connectivity index is 1.99. The van der Waals surface area contributed by atoms with Gasteiger partial charge in [-0.1, -0.05) is 35.9 Å². The SMILES string of the molecule is COC(=O)c1ccc(C(=O)OC)c(NC(=O)CN(c2ccc(C)cc2)S(=O)(=O)c2ccccc2)c1. The van der Waals surface area contributed by atoms with Crippen LogP contribution < -0.4 is 9.62 Å². The summed E-state index contributed by atoms with van der Waals surface area (Å²) in [5.41, 5.74) is 1.25. The standard InChI is InChI=1S/C25H24N2O7S/c1-17-9-12-19(13-10-17)27(35(31,32)20-7-5-4-6-8-20)16-23(28)26-22-15-18(24(29)33-2)11-14-21(22)25(30)34-3/h4-15H,16H2,1-3H3,(H,26,28). The van der Waals surface area contributed by atoms with Crippen LogP contribution in [-0.2, 0) is 24.3 Å². The van der Waals surface area contributed by atoms with E-state index in [-0.39, 0.29) is 27.4 Å². The number of carbonyl (C=O) groups is 3. The molecule has 0 spiro atoms. The topological polar surface area (TPSA) is 119 Å². The van der Waals surface area contributed by atoms with E-state index >= 15 is 0 Å². The van der Waals surface area contributed by atoms with Crippen molar-refractivity contribution in [3.63, 3.8) is 0 Å². The summed E-state index contributed by atoms with van der Waals surface area (Å²) in [6, 6.07) is 18.3. The molecule has 0 radical (unpaired) electrons. The van der Waals surface area contributed by atoms with Gasteiger partial charge in [-0.2, -0.15) is 0 Å². The van der Waals surface area contributed by atoms with Crippen molar-refractivity contribution in [3.05, 3.63) is 89.5 Å². The minimum absolute atomic E-state index is 0.0105. The van der Waals surface area contributed by atoms with Gasteiger partial charge in [-0.15, -0.1) is 0 Å². The number of methoxy groups -OCH3 is 2. The van der Waals surface area contributed by atoms with E-state index in [9.17, 15) is 22.8 Å². The van der Waals surface area contributed by atoms with Crippen LogP contribution in [0.3, 0.4) is 0 Å². The molecule has 0 unspecified atom stereocenters. The van der Waals surface area contributed by atoms with Gasteiger partial charge in [0.25, 0.3) is 10.0 Å². The molecule has 0 saturated heterocycles. The molecule has 9 nitrogen and oxygen atoms in total. The fourth-order valence-corrected chi connectivity index (χ4v) is 4.69. The third-order valence-electron chi connectivity index (χ3n) is 5.06. The lowest BCUT2D eigenvalue weighted by molar-refractivity contribution is -0.114. The Bertz CT molecular complexity index is 1340. The summed E-state index contributed by atoms with van der Waals surface area (Å²) >= 11 is 0. The Morgan fingerprint density at radius 1 is 0.857 bits per heavy atom. The molecule has 0 aliphatic heterocycles. The van der Waals surface area contributed by atoms with Crippen LogP contribution in [0.4, 0.5) is 11.4 Å². The Morgan fingerprint density at radius 2 is 1.49 bits per heavy atom. The zero-order valence-electron chi connectivity index (χ0n) is 19.3. The quantitative estimate of drug-likeness (QED) is 0.475. The van der Waals surface area contributed by atoms with Gasteiger partial charge in [0.15, 0.2) is 0 Å². The summed E-state index contributed by atoms with van der Waals surface area (Å²) in [5, 5.41) is 2.53. The highest BCUT2D eigenvalue weighted by Crippen LogP contribution is 2.25. The van der Waals surface area contributed by atoms with E-state index in [4.69, 9.17) is 9.47 Å². The maximum absolute atomic E-state index is 13.4. The van der Waals surface area contributed by atoms with Crippen molar-refractivity contribution in [2.45, 2.75) is 11.8 Å².